The summed E-state index contributed by atoms with van der Waals surface area (Å²) in [6.07, 6.45) is 0.411. The molecule has 0 aliphatic rings. The number of fused-ring (bicyclic) bond motifs is 1. The van der Waals surface area contributed by atoms with Gasteiger partial charge in [0, 0.05) is 23.2 Å². The second-order valence-corrected chi connectivity index (χ2v) is 8.21. The second-order valence-electron chi connectivity index (χ2n) is 7.34. The molecule has 0 spiro atoms. The third kappa shape index (κ3) is 5.68. The quantitative estimate of drug-likeness (QED) is 0.258. The Bertz CT molecular complexity index is 1340. The third-order valence-corrected chi connectivity index (χ3v) is 5.29. The van der Waals surface area contributed by atoms with Gasteiger partial charge in [0.05, 0.1) is 0 Å². The van der Waals surface area contributed by atoms with Crippen molar-refractivity contribution in [3.8, 4) is 11.5 Å². The first-order valence-electron chi connectivity index (χ1n) is 10.2. The number of aromatic nitrogens is 1. The van der Waals surface area contributed by atoms with Gasteiger partial charge in [-0.1, -0.05) is 35.3 Å². The van der Waals surface area contributed by atoms with Gasteiger partial charge in [-0.2, -0.15) is 9.37 Å². The Labute approximate surface area is 205 Å². The Morgan fingerprint density at radius 1 is 1.03 bits per heavy atom. The van der Waals surface area contributed by atoms with Crippen molar-refractivity contribution in [3.63, 3.8) is 0 Å². The van der Waals surface area contributed by atoms with Crippen molar-refractivity contribution in [3.05, 3.63) is 88.4 Å². The second kappa shape index (κ2) is 10.2. The molecule has 1 heterocycles. The highest BCUT2D eigenvalue weighted by molar-refractivity contribution is 6.31. The van der Waals surface area contributed by atoms with E-state index < -0.39 is 12.1 Å². The lowest BCUT2D eigenvalue weighted by Crippen LogP contribution is -2.38. The number of carbonyl (C=O) groups is 1. The average molecular weight is 501 g/mol. The molecule has 0 aliphatic carbocycles. The van der Waals surface area contributed by atoms with Crippen molar-refractivity contribution in [1.29, 1.82) is 0 Å². The van der Waals surface area contributed by atoms with E-state index in [4.69, 9.17) is 37.1 Å². The molecule has 0 aliphatic heterocycles. The van der Waals surface area contributed by atoms with Gasteiger partial charge in [-0.05, 0) is 67.1 Å². The average Bonchev–Trinajstić information content (AvgIpc) is 3.24. The summed E-state index contributed by atoms with van der Waals surface area (Å²) >= 11 is 11.8. The Hall–Kier alpha value is -3.55. The molecule has 0 bridgehead atoms. The predicted octanol–water partition coefficient (Wildman–Crippen LogP) is 6.91. The van der Waals surface area contributed by atoms with Crippen LogP contribution in [0.2, 0.25) is 10.0 Å². The number of ether oxygens (including phenoxy) is 2. The van der Waals surface area contributed by atoms with Crippen LogP contribution in [0.25, 0.3) is 17.2 Å². The molecule has 0 saturated heterocycles. The maximum absolute atomic E-state index is 14.1. The van der Waals surface area contributed by atoms with Crippen molar-refractivity contribution >= 4 is 52.3 Å². The molecule has 3 aromatic carbocycles. The van der Waals surface area contributed by atoms with E-state index in [0.717, 1.165) is 0 Å². The first-order chi connectivity index (χ1) is 16.3. The molecule has 1 atom stereocenters. The van der Waals surface area contributed by atoms with Gasteiger partial charge in [-0.25, -0.2) is 0 Å². The molecular formula is C25H19Cl2FN2O4. The third-order valence-electron chi connectivity index (χ3n) is 4.81. The lowest BCUT2D eigenvalue weighted by Gasteiger charge is -2.19. The van der Waals surface area contributed by atoms with E-state index in [1.807, 2.05) is 0 Å². The van der Waals surface area contributed by atoms with Crippen LogP contribution in [0.3, 0.4) is 0 Å². The van der Waals surface area contributed by atoms with Gasteiger partial charge in [0.1, 0.15) is 17.0 Å². The molecule has 4 rings (SSSR count). The number of anilines is 1. The minimum absolute atomic E-state index is 0.129. The number of carbonyl (C=O) groups excluding carboxylic acids is 1. The van der Waals surface area contributed by atoms with Gasteiger partial charge in [0.2, 0.25) is 0 Å². The van der Waals surface area contributed by atoms with Gasteiger partial charge >= 0.3 is 6.01 Å². The summed E-state index contributed by atoms with van der Waals surface area (Å²) in [6, 6.07) is 17.3. The monoisotopic (exact) mass is 500 g/mol. The minimum Gasteiger partial charge on any atom is -0.481 e. The summed E-state index contributed by atoms with van der Waals surface area (Å²) < 4.78 is 30.7. The summed E-state index contributed by atoms with van der Waals surface area (Å²) in [7, 11) is 1.54. The highest BCUT2D eigenvalue weighted by Gasteiger charge is 2.24. The van der Waals surface area contributed by atoms with Crippen LogP contribution in [-0.4, -0.2) is 24.0 Å². The lowest BCUT2D eigenvalue weighted by atomic mass is 10.2. The smallest absolute Gasteiger partial charge is 0.305 e. The van der Waals surface area contributed by atoms with E-state index in [1.165, 1.54) is 23.1 Å². The first-order valence-corrected chi connectivity index (χ1v) is 10.9. The molecule has 0 unspecified atom stereocenters. The number of benzene rings is 3. The van der Waals surface area contributed by atoms with E-state index in [2.05, 4.69) is 4.98 Å². The largest absolute Gasteiger partial charge is 0.481 e. The molecule has 0 saturated carbocycles. The van der Waals surface area contributed by atoms with Crippen LogP contribution in [0.15, 0.2) is 77.2 Å². The SMILES string of the molecule is C[C@@H](Oc1ccc(OC(F)=Cc2ccc(Cl)cc2)cc1)C(=O)N(C)c1nc2cc(Cl)ccc2o1. The molecular weight excluding hydrogens is 482 g/mol. The van der Waals surface area contributed by atoms with Crippen LogP contribution in [0, 0.1) is 0 Å². The minimum atomic E-state index is -0.836. The molecule has 4 aromatic rings. The van der Waals surface area contributed by atoms with Crippen LogP contribution in [0.5, 0.6) is 11.5 Å². The van der Waals surface area contributed by atoms with Gasteiger partial charge < -0.3 is 13.9 Å². The maximum atomic E-state index is 14.1. The van der Waals surface area contributed by atoms with Crippen LogP contribution in [-0.2, 0) is 4.79 Å². The highest BCUT2D eigenvalue weighted by Crippen LogP contribution is 2.26. The Morgan fingerprint density at radius 2 is 1.68 bits per heavy atom. The number of hydrogen-bond donors (Lipinski definition) is 0. The number of nitrogens with zero attached hydrogens (tertiary/aromatic N) is 2. The zero-order chi connectivity index (χ0) is 24.2. The maximum Gasteiger partial charge on any atom is 0.305 e. The normalized spacial score (nSPS) is 12.4. The van der Waals surface area contributed by atoms with E-state index in [0.29, 0.717) is 32.5 Å². The van der Waals surface area contributed by atoms with Gasteiger partial charge in [-0.15, -0.1) is 0 Å². The van der Waals surface area contributed by atoms with E-state index in [1.54, 1.807) is 68.6 Å². The van der Waals surface area contributed by atoms with E-state index >= 15 is 0 Å². The molecule has 6 nitrogen and oxygen atoms in total. The van der Waals surface area contributed by atoms with Gasteiger partial charge in [0.15, 0.2) is 11.7 Å². The lowest BCUT2D eigenvalue weighted by molar-refractivity contribution is -0.124. The zero-order valence-corrected chi connectivity index (χ0v) is 19.7. The van der Waals surface area contributed by atoms with Crippen LogP contribution >= 0.6 is 23.2 Å². The molecule has 0 radical (unpaired) electrons. The van der Waals surface area contributed by atoms with Crippen molar-refractivity contribution < 1.29 is 23.1 Å². The van der Waals surface area contributed by atoms with Gasteiger partial charge in [0.25, 0.3) is 11.9 Å². The molecule has 1 amide bonds. The summed E-state index contributed by atoms with van der Waals surface area (Å²) in [5.41, 5.74) is 1.67. The molecule has 0 fully saturated rings. The zero-order valence-electron chi connectivity index (χ0n) is 18.2. The Morgan fingerprint density at radius 3 is 2.38 bits per heavy atom. The van der Waals surface area contributed by atoms with Crippen molar-refractivity contribution in [2.24, 2.45) is 0 Å². The summed E-state index contributed by atoms with van der Waals surface area (Å²) in [5, 5.41) is 1.08. The van der Waals surface area contributed by atoms with Crippen molar-refractivity contribution in [2.75, 3.05) is 11.9 Å². The van der Waals surface area contributed by atoms with Crippen LogP contribution in [0.4, 0.5) is 10.4 Å². The Kier molecular flexibility index (Phi) is 7.05. The van der Waals surface area contributed by atoms with Crippen LogP contribution in [0.1, 0.15) is 12.5 Å². The summed E-state index contributed by atoms with van der Waals surface area (Å²) in [4.78, 5) is 18.3. The van der Waals surface area contributed by atoms with Crippen molar-refractivity contribution in [2.45, 2.75) is 13.0 Å². The fourth-order valence-electron chi connectivity index (χ4n) is 3.07. The number of halogens is 3. The fraction of sp³-hybridized carbons (Fsp3) is 0.120. The molecule has 0 N–H and O–H groups in total. The number of hydrogen-bond acceptors (Lipinski definition) is 5. The van der Waals surface area contributed by atoms with Crippen molar-refractivity contribution in [1.82, 2.24) is 4.98 Å². The summed E-state index contributed by atoms with van der Waals surface area (Å²) in [6.45, 7) is 1.61. The van der Waals surface area contributed by atoms with E-state index in [-0.39, 0.29) is 17.7 Å². The molecule has 1 aromatic heterocycles. The first kappa shape index (κ1) is 23.6. The fourth-order valence-corrected chi connectivity index (χ4v) is 3.36. The molecule has 9 heteroatoms. The molecule has 34 heavy (non-hydrogen) atoms. The van der Waals surface area contributed by atoms with E-state index in [9.17, 15) is 9.18 Å². The Balaban J connectivity index is 1.37. The van der Waals surface area contributed by atoms with Crippen LogP contribution < -0.4 is 14.4 Å². The number of rotatable bonds is 7. The van der Waals surface area contributed by atoms with Gasteiger partial charge in [-0.3, -0.25) is 9.69 Å². The summed E-state index contributed by atoms with van der Waals surface area (Å²) in [5.74, 6) is 0.319. The number of likely N-dealkylation sites (N-methyl/N-ethyl adjacent to an activating group) is 1. The topological polar surface area (TPSA) is 64.8 Å². The number of amides is 1. The predicted molar refractivity (Wildman–Crippen MR) is 130 cm³/mol. The standard InChI is InChI=1S/C25H19Cl2FN2O4/c1-15(24(31)30(2)25-29-21-14-18(27)7-12-22(21)34-25)32-19-8-10-20(11-9-19)33-23(28)13-16-3-5-17(26)6-4-16/h3-15H,1-2H3/t15-/m1/s1. The number of oxazole rings is 1. The highest BCUT2D eigenvalue weighted by atomic mass is 35.5. The molecule has 174 valence electrons.